The van der Waals surface area contributed by atoms with E-state index in [4.69, 9.17) is 4.42 Å². The van der Waals surface area contributed by atoms with Gasteiger partial charge in [-0.1, -0.05) is 47.1 Å². The molecule has 1 saturated heterocycles. The molecule has 6 heteroatoms. The molecular formula is C24H20BrNO4. The molecule has 1 atom stereocenters. The second kappa shape index (κ2) is 7.95. The number of aryl methyl sites for hydroxylation is 2. The van der Waals surface area contributed by atoms with Gasteiger partial charge in [0.2, 0.25) is 0 Å². The maximum Gasteiger partial charge on any atom is 0.300 e. The predicted molar refractivity (Wildman–Crippen MR) is 118 cm³/mol. The van der Waals surface area contributed by atoms with Crippen LogP contribution in [-0.2, 0) is 16.0 Å². The van der Waals surface area contributed by atoms with Crippen LogP contribution in [0.4, 0.5) is 5.69 Å². The van der Waals surface area contributed by atoms with E-state index in [2.05, 4.69) is 15.9 Å². The number of hydrogen-bond acceptors (Lipinski definition) is 4. The van der Waals surface area contributed by atoms with Gasteiger partial charge in [0.05, 0.1) is 5.57 Å². The van der Waals surface area contributed by atoms with Gasteiger partial charge in [-0.05, 0) is 55.3 Å². The lowest BCUT2D eigenvalue weighted by molar-refractivity contribution is -0.132. The van der Waals surface area contributed by atoms with E-state index in [1.165, 1.54) is 4.90 Å². The number of aliphatic hydroxyl groups is 1. The molecule has 0 spiro atoms. The second-order valence-electron chi connectivity index (χ2n) is 7.14. The number of ketones is 1. The van der Waals surface area contributed by atoms with Crippen LogP contribution in [0.3, 0.4) is 0 Å². The molecule has 0 radical (unpaired) electrons. The van der Waals surface area contributed by atoms with Crippen molar-refractivity contribution in [3.05, 3.63) is 93.4 Å². The first-order valence-corrected chi connectivity index (χ1v) is 10.4. The van der Waals surface area contributed by atoms with Crippen molar-refractivity contribution < 1.29 is 19.1 Å². The average Bonchev–Trinajstić information content (AvgIpc) is 3.29. The monoisotopic (exact) mass is 465 g/mol. The molecule has 1 aliphatic rings. The topological polar surface area (TPSA) is 70.8 Å². The minimum atomic E-state index is -0.856. The minimum Gasteiger partial charge on any atom is -0.507 e. The standard InChI is InChI=1S/C24H20BrNO4/c1-3-15-5-7-16(8-6-15)22(27)20-21(19-13-4-14(2)30-19)26(24(29)23(20)28)18-11-9-17(25)10-12-18/h4-13,21,27H,3H2,1-2H3/b22-20-. The van der Waals surface area contributed by atoms with Crippen LogP contribution in [0.5, 0.6) is 0 Å². The number of hydrogen-bond donors (Lipinski definition) is 1. The van der Waals surface area contributed by atoms with Gasteiger partial charge in [0.15, 0.2) is 0 Å². The summed E-state index contributed by atoms with van der Waals surface area (Å²) in [5.41, 5.74) is 2.15. The summed E-state index contributed by atoms with van der Waals surface area (Å²) in [6.07, 6.45) is 0.862. The highest BCUT2D eigenvalue weighted by Crippen LogP contribution is 2.42. The average molecular weight is 466 g/mol. The molecular weight excluding hydrogens is 446 g/mol. The third-order valence-corrected chi connectivity index (χ3v) is 5.74. The smallest absolute Gasteiger partial charge is 0.300 e. The summed E-state index contributed by atoms with van der Waals surface area (Å²) in [6, 6.07) is 17.0. The number of halogens is 1. The van der Waals surface area contributed by atoms with Gasteiger partial charge in [0.1, 0.15) is 23.3 Å². The first kappa shape index (κ1) is 20.2. The quantitative estimate of drug-likeness (QED) is 0.312. The number of carbonyl (C=O) groups is 2. The van der Waals surface area contributed by atoms with Gasteiger partial charge in [-0.25, -0.2) is 0 Å². The fraction of sp³-hybridized carbons (Fsp3) is 0.167. The van der Waals surface area contributed by atoms with E-state index in [1.54, 1.807) is 55.5 Å². The fourth-order valence-electron chi connectivity index (χ4n) is 3.62. The fourth-order valence-corrected chi connectivity index (χ4v) is 3.89. The lowest BCUT2D eigenvalue weighted by atomic mass is 9.98. The van der Waals surface area contributed by atoms with Gasteiger partial charge in [-0.2, -0.15) is 0 Å². The molecule has 1 aromatic heterocycles. The lowest BCUT2D eigenvalue weighted by Gasteiger charge is -2.23. The van der Waals surface area contributed by atoms with E-state index in [-0.39, 0.29) is 11.3 Å². The Hall–Kier alpha value is -3.12. The van der Waals surface area contributed by atoms with E-state index in [0.29, 0.717) is 22.8 Å². The number of nitrogens with zero attached hydrogens (tertiary/aromatic N) is 1. The van der Waals surface area contributed by atoms with Gasteiger partial charge in [0.25, 0.3) is 11.7 Å². The molecule has 1 fully saturated rings. The van der Waals surface area contributed by atoms with E-state index < -0.39 is 17.7 Å². The SMILES string of the molecule is CCc1ccc(/C(O)=C2/C(=O)C(=O)N(c3ccc(Br)cc3)C2c2ccc(C)o2)cc1. The summed E-state index contributed by atoms with van der Waals surface area (Å²) in [5.74, 6) is -0.591. The van der Waals surface area contributed by atoms with Crippen LogP contribution in [0.2, 0.25) is 0 Å². The zero-order valence-electron chi connectivity index (χ0n) is 16.6. The van der Waals surface area contributed by atoms with Crippen molar-refractivity contribution >= 4 is 39.1 Å². The Morgan fingerprint density at radius 1 is 1.03 bits per heavy atom. The third kappa shape index (κ3) is 3.48. The summed E-state index contributed by atoms with van der Waals surface area (Å²) in [5, 5.41) is 11.1. The van der Waals surface area contributed by atoms with Crippen molar-refractivity contribution in [1.29, 1.82) is 0 Å². The second-order valence-corrected chi connectivity index (χ2v) is 8.06. The predicted octanol–water partition coefficient (Wildman–Crippen LogP) is 5.54. The van der Waals surface area contributed by atoms with Crippen LogP contribution in [-0.4, -0.2) is 16.8 Å². The molecule has 1 unspecified atom stereocenters. The van der Waals surface area contributed by atoms with Gasteiger partial charge in [-0.3, -0.25) is 14.5 Å². The third-order valence-electron chi connectivity index (χ3n) is 5.22. The number of Topliss-reactive ketones (excluding diaryl/α,β-unsaturated/α-hetero) is 1. The van der Waals surface area contributed by atoms with Gasteiger partial charge in [0, 0.05) is 15.7 Å². The van der Waals surface area contributed by atoms with Gasteiger partial charge in [-0.15, -0.1) is 0 Å². The van der Waals surface area contributed by atoms with Crippen molar-refractivity contribution in [3.8, 4) is 0 Å². The highest BCUT2D eigenvalue weighted by Gasteiger charge is 2.48. The van der Waals surface area contributed by atoms with Crippen LogP contribution in [0.15, 0.2) is 75.1 Å². The summed E-state index contributed by atoms with van der Waals surface area (Å²) < 4.78 is 6.64. The Labute approximate surface area is 182 Å². The molecule has 4 rings (SSSR count). The van der Waals surface area contributed by atoms with E-state index in [9.17, 15) is 14.7 Å². The summed E-state index contributed by atoms with van der Waals surface area (Å²) in [4.78, 5) is 27.4. The number of carbonyl (C=O) groups excluding carboxylic acids is 2. The van der Waals surface area contributed by atoms with Crippen molar-refractivity contribution in [2.75, 3.05) is 4.90 Å². The number of aliphatic hydroxyl groups excluding tert-OH is 1. The van der Waals surface area contributed by atoms with Crippen molar-refractivity contribution in [2.45, 2.75) is 26.3 Å². The molecule has 1 aliphatic heterocycles. The highest BCUT2D eigenvalue weighted by atomic mass is 79.9. The lowest BCUT2D eigenvalue weighted by Crippen LogP contribution is -2.29. The minimum absolute atomic E-state index is 0.0153. The molecule has 3 aromatic rings. The molecule has 0 bridgehead atoms. The molecule has 2 aromatic carbocycles. The van der Waals surface area contributed by atoms with Gasteiger partial charge < -0.3 is 9.52 Å². The van der Waals surface area contributed by atoms with Crippen LogP contribution >= 0.6 is 15.9 Å². The molecule has 0 saturated carbocycles. The highest BCUT2D eigenvalue weighted by molar-refractivity contribution is 9.10. The number of anilines is 1. The zero-order valence-corrected chi connectivity index (χ0v) is 18.1. The molecule has 5 nitrogen and oxygen atoms in total. The summed E-state index contributed by atoms with van der Waals surface area (Å²) in [7, 11) is 0. The molecule has 30 heavy (non-hydrogen) atoms. The molecule has 0 aliphatic carbocycles. The summed E-state index contributed by atoms with van der Waals surface area (Å²) >= 11 is 3.38. The van der Waals surface area contributed by atoms with Crippen LogP contribution in [0.25, 0.3) is 5.76 Å². The number of rotatable bonds is 4. The normalized spacial score (nSPS) is 18.2. The molecule has 1 amide bonds. The Morgan fingerprint density at radius 2 is 1.70 bits per heavy atom. The Morgan fingerprint density at radius 3 is 2.27 bits per heavy atom. The number of amides is 1. The van der Waals surface area contributed by atoms with Crippen LogP contribution in [0, 0.1) is 6.92 Å². The van der Waals surface area contributed by atoms with E-state index in [0.717, 1.165) is 16.5 Å². The van der Waals surface area contributed by atoms with Crippen molar-refractivity contribution in [3.63, 3.8) is 0 Å². The largest absolute Gasteiger partial charge is 0.507 e. The summed E-state index contributed by atoms with van der Waals surface area (Å²) in [6.45, 7) is 3.83. The Bertz CT molecular complexity index is 1140. The maximum atomic E-state index is 13.0. The van der Waals surface area contributed by atoms with Crippen molar-refractivity contribution in [2.24, 2.45) is 0 Å². The Balaban J connectivity index is 1.90. The maximum absolute atomic E-state index is 13.0. The van der Waals surface area contributed by atoms with E-state index in [1.807, 2.05) is 19.1 Å². The first-order valence-electron chi connectivity index (χ1n) is 9.63. The van der Waals surface area contributed by atoms with Crippen LogP contribution < -0.4 is 4.90 Å². The van der Waals surface area contributed by atoms with Crippen molar-refractivity contribution in [1.82, 2.24) is 0 Å². The zero-order chi connectivity index (χ0) is 21.4. The van der Waals surface area contributed by atoms with Gasteiger partial charge >= 0.3 is 0 Å². The van der Waals surface area contributed by atoms with Crippen LogP contribution in [0.1, 0.15) is 35.6 Å². The molecule has 2 heterocycles. The number of furan rings is 1. The Kier molecular flexibility index (Phi) is 5.35. The number of benzene rings is 2. The first-order chi connectivity index (χ1) is 14.4. The molecule has 152 valence electrons. The molecule has 1 N–H and O–H groups in total. The van der Waals surface area contributed by atoms with E-state index >= 15 is 0 Å².